The summed E-state index contributed by atoms with van der Waals surface area (Å²) in [6.07, 6.45) is 0.282. The fourth-order valence-electron chi connectivity index (χ4n) is 1.22. The molecule has 0 amide bonds. The number of esters is 1. The van der Waals surface area contributed by atoms with Crippen molar-refractivity contribution in [1.82, 2.24) is 5.01 Å². The van der Waals surface area contributed by atoms with Crippen LogP contribution in [0.4, 0.5) is 0 Å². The van der Waals surface area contributed by atoms with Gasteiger partial charge in [0.15, 0.2) is 6.04 Å². The molecule has 1 atom stereocenters. The van der Waals surface area contributed by atoms with Crippen LogP contribution in [0.2, 0.25) is 0 Å². The first-order chi connectivity index (χ1) is 8.75. The van der Waals surface area contributed by atoms with Gasteiger partial charge in [0.1, 0.15) is 0 Å². The number of hydrazine groups is 1. The van der Waals surface area contributed by atoms with Crippen LogP contribution in [0.5, 0.6) is 0 Å². The van der Waals surface area contributed by atoms with Gasteiger partial charge in [0.05, 0.1) is 12.0 Å². The number of carbonyl (C=O) groups excluding carboxylic acids is 1. The standard InChI is InChI=1S/C10H19N3O6/c1-7(2)5-9(10(15)16)12(4)13(17)11-19-6-18-8(3)14/h7,9H,5-6H2,1-4H3,(H,15,16)/b13-11-/t9-/m0/s1. The maximum Gasteiger partial charge on any atom is 0.332 e. The van der Waals surface area contributed by atoms with Crippen LogP contribution < -0.4 is 0 Å². The second kappa shape index (κ2) is 8.11. The molecule has 0 saturated heterocycles. The summed E-state index contributed by atoms with van der Waals surface area (Å²) in [5.41, 5.74) is 0. The van der Waals surface area contributed by atoms with E-state index in [-0.39, 0.29) is 17.3 Å². The van der Waals surface area contributed by atoms with E-state index >= 15 is 0 Å². The summed E-state index contributed by atoms with van der Waals surface area (Å²) in [6.45, 7) is 4.35. The van der Waals surface area contributed by atoms with Crippen LogP contribution in [0.1, 0.15) is 27.2 Å². The number of carboxylic acid groups (broad SMARTS) is 1. The van der Waals surface area contributed by atoms with Gasteiger partial charge < -0.3 is 19.9 Å². The summed E-state index contributed by atoms with van der Waals surface area (Å²) in [4.78, 5) is 25.9. The molecule has 9 heteroatoms. The molecule has 0 spiro atoms. The highest BCUT2D eigenvalue weighted by molar-refractivity contribution is 5.73. The Morgan fingerprint density at radius 3 is 2.47 bits per heavy atom. The maximum atomic E-state index is 11.5. The van der Waals surface area contributed by atoms with Crippen LogP contribution in [0.15, 0.2) is 5.28 Å². The average Bonchev–Trinajstić information content (AvgIpc) is 2.29. The highest BCUT2D eigenvalue weighted by Crippen LogP contribution is 2.11. The summed E-state index contributed by atoms with van der Waals surface area (Å²) in [6, 6.07) is -1.02. The van der Waals surface area contributed by atoms with Crippen molar-refractivity contribution in [1.29, 1.82) is 0 Å². The zero-order chi connectivity index (χ0) is 15.0. The van der Waals surface area contributed by atoms with Gasteiger partial charge >= 0.3 is 11.9 Å². The maximum absolute atomic E-state index is 11.5. The highest BCUT2D eigenvalue weighted by atomic mass is 16.8. The van der Waals surface area contributed by atoms with Crippen molar-refractivity contribution in [3.63, 3.8) is 0 Å². The van der Waals surface area contributed by atoms with E-state index in [9.17, 15) is 14.8 Å². The minimum atomic E-state index is -1.13. The average molecular weight is 277 g/mol. The lowest BCUT2D eigenvalue weighted by molar-refractivity contribution is -0.711. The molecule has 1 N–H and O–H groups in total. The smallest absolute Gasteiger partial charge is 0.332 e. The van der Waals surface area contributed by atoms with Crippen LogP contribution in [0.25, 0.3) is 0 Å². The van der Waals surface area contributed by atoms with Crippen LogP contribution >= 0.6 is 0 Å². The third-order valence-electron chi connectivity index (χ3n) is 2.14. The molecular formula is C10H19N3O6. The van der Waals surface area contributed by atoms with Crippen molar-refractivity contribution in [2.45, 2.75) is 33.2 Å². The Kier molecular flexibility index (Phi) is 7.23. The number of likely N-dealkylation sites (N-methyl/N-ethyl adjacent to an activating group) is 1. The molecule has 0 bridgehead atoms. The number of nitrogens with zero attached hydrogens (tertiary/aromatic N) is 3. The van der Waals surface area contributed by atoms with Gasteiger partial charge in [-0.3, -0.25) is 4.79 Å². The molecule has 0 radical (unpaired) electrons. The fourth-order valence-corrected chi connectivity index (χ4v) is 1.22. The van der Waals surface area contributed by atoms with Gasteiger partial charge in [-0.1, -0.05) is 13.8 Å². The zero-order valence-electron chi connectivity index (χ0n) is 11.4. The topological polar surface area (TPSA) is 114 Å². The lowest BCUT2D eigenvalue weighted by Gasteiger charge is -2.21. The van der Waals surface area contributed by atoms with Gasteiger partial charge in [0, 0.05) is 6.92 Å². The van der Waals surface area contributed by atoms with Gasteiger partial charge in [-0.2, -0.15) is 0 Å². The van der Waals surface area contributed by atoms with E-state index in [0.717, 1.165) is 5.01 Å². The summed E-state index contributed by atoms with van der Waals surface area (Å²) < 4.78 is 4.39. The molecule has 0 aliphatic rings. The lowest BCUT2D eigenvalue weighted by Crippen LogP contribution is -2.43. The molecule has 0 aliphatic carbocycles. The molecule has 0 heterocycles. The van der Waals surface area contributed by atoms with Gasteiger partial charge in [0.25, 0.3) is 6.79 Å². The normalized spacial score (nSPS) is 13.0. The molecular weight excluding hydrogens is 258 g/mol. The number of hydrogen-bond donors (Lipinski definition) is 1. The molecule has 0 aromatic heterocycles. The van der Waals surface area contributed by atoms with Gasteiger partial charge in [-0.05, 0) is 12.3 Å². The monoisotopic (exact) mass is 277 g/mol. The molecule has 0 aromatic carbocycles. The summed E-state index contributed by atoms with van der Waals surface area (Å²) >= 11 is 0. The molecule has 0 saturated carbocycles. The SMILES string of the molecule is CC(=O)OCO/N=[N+](\[O-])N(C)[C@@H](CC(C)C)C(=O)O. The van der Waals surface area contributed by atoms with E-state index in [2.05, 4.69) is 14.9 Å². The minimum Gasteiger partial charge on any atom is -0.569 e. The van der Waals surface area contributed by atoms with Crippen LogP contribution in [-0.4, -0.2) is 46.9 Å². The van der Waals surface area contributed by atoms with E-state index in [1.807, 2.05) is 13.8 Å². The van der Waals surface area contributed by atoms with Gasteiger partial charge in [0.2, 0.25) is 5.28 Å². The number of rotatable bonds is 8. The number of aliphatic carboxylic acids is 1. The quantitative estimate of drug-likeness (QED) is 0.174. The van der Waals surface area contributed by atoms with Crippen molar-refractivity contribution >= 4 is 11.9 Å². The fraction of sp³-hybridized carbons (Fsp3) is 0.800. The Morgan fingerprint density at radius 1 is 1.47 bits per heavy atom. The molecule has 0 aromatic rings. The highest BCUT2D eigenvalue weighted by Gasteiger charge is 2.29. The molecule has 110 valence electrons. The first kappa shape index (κ1) is 16.9. The predicted octanol–water partition coefficient (Wildman–Crippen LogP) is 0.747. The number of hydrogen-bond acceptors (Lipinski definition) is 6. The molecule has 0 rings (SSSR count). The van der Waals surface area contributed by atoms with Crippen molar-refractivity contribution in [3.05, 3.63) is 5.21 Å². The first-order valence-corrected chi connectivity index (χ1v) is 5.64. The Balaban J connectivity index is 4.48. The van der Waals surface area contributed by atoms with Crippen molar-refractivity contribution in [2.24, 2.45) is 11.2 Å². The van der Waals surface area contributed by atoms with Gasteiger partial charge in [-0.15, -0.1) is 5.01 Å². The van der Waals surface area contributed by atoms with E-state index < -0.39 is 24.8 Å². The predicted molar refractivity (Wildman–Crippen MR) is 62.4 cm³/mol. The number of ether oxygens (including phenoxy) is 1. The molecule has 19 heavy (non-hydrogen) atoms. The van der Waals surface area contributed by atoms with E-state index in [1.54, 1.807) is 0 Å². The Morgan fingerprint density at radius 2 is 2.05 bits per heavy atom. The molecule has 9 nitrogen and oxygen atoms in total. The zero-order valence-corrected chi connectivity index (χ0v) is 11.4. The second-order valence-corrected chi connectivity index (χ2v) is 4.27. The summed E-state index contributed by atoms with van der Waals surface area (Å²) in [5, 5.41) is 24.4. The minimum absolute atomic E-state index is 0.00463. The number of carbonyl (C=O) groups is 2. The van der Waals surface area contributed by atoms with E-state index in [1.165, 1.54) is 14.0 Å². The Labute approximate surface area is 110 Å². The third-order valence-corrected chi connectivity index (χ3v) is 2.14. The summed E-state index contributed by atoms with van der Waals surface area (Å²) in [5.74, 6) is -1.62. The Hall–Kier alpha value is -2.06. The van der Waals surface area contributed by atoms with E-state index in [0.29, 0.717) is 0 Å². The molecule has 0 aliphatic heterocycles. The largest absolute Gasteiger partial charge is 0.569 e. The third kappa shape index (κ3) is 7.06. The lowest BCUT2D eigenvalue weighted by atomic mass is 10.0. The first-order valence-electron chi connectivity index (χ1n) is 5.64. The van der Waals surface area contributed by atoms with Crippen molar-refractivity contribution in [3.8, 4) is 0 Å². The number of carboxylic acids is 1. The van der Waals surface area contributed by atoms with E-state index in [4.69, 9.17) is 5.11 Å². The molecule has 0 unspecified atom stereocenters. The van der Waals surface area contributed by atoms with Crippen molar-refractivity contribution < 1.29 is 29.2 Å². The Bertz CT molecular complexity index is 344. The van der Waals surface area contributed by atoms with Crippen LogP contribution in [-0.2, 0) is 19.2 Å². The van der Waals surface area contributed by atoms with Crippen molar-refractivity contribution in [2.75, 3.05) is 13.8 Å². The van der Waals surface area contributed by atoms with Crippen LogP contribution in [0, 0.1) is 11.1 Å². The van der Waals surface area contributed by atoms with Crippen LogP contribution in [0.3, 0.4) is 0 Å². The molecule has 0 fully saturated rings. The summed E-state index contributed by atoms with van der Waals surface area (Å²) in [7, 11) is 1.28. The second-order valence-electron chi connectivity index (χ2n) is 4.27. The van der Waals surface area contributed by atoms with Gasteiger partial charge in [-0.25, -0.2) is 4.79 Å².